The fourth-order valence-electron chi connectivity index (χ4n) is 3.01. The zero-order chi connectivity index (χ0) is 20.1. The number of aryl methyl sites for hydroxylation is 1. The van der Waals surface area contributed by atoms with Gasteiger partial charge in [0.05, 0.1) is 18.1 Å². The third-order valence-electron chi connectivity index (χ3n) is 4.60. The van der Waals surface area contributed by atoms with Crippen LogP contribution < -0.4 is 14.8 Å². The van der Waals surface area contributed by atoms with E-state index in [4.69, 9.17) is 9.47 Å². The van der Waals surface area contributed by atoms with Crippen LogP contribution in [0.3, 0.4) is 0 Å². The van der Waals surface area contributed by atoms with Gasteiger partial charge in [0, 0.05) is 24.4 Å². The zero-order valence-corrected chi connectivity index (χ0v) is 16.7. The van der Waals surface area contributed by atoms with E-state index < -0.39 is 10.0 Å². The molecule has 1 atom stereocenters. The predicted octanol–water partition coefficient (Wildman–Crippen LogP) is 2.71. The zero-order valence-electron chi connectivity index (χ0n) is 15.9. The first kappa shape index (κ1) is 20.2. The number of methoxy groups -OCH3 is 1. The number of hydrogen-bond donors (Lipinski definition) is 2. The molecule has 2 N–H and O–H groups in total. The van der Waals surface area contributed by atoms with Gasteiger partial charge in [-0.2, -0.15) is 0 Å². The van der Waals surface area contributed by atoms with Crippen LogP contribution in [0.1, 0.15) is 28.8 Å². The number of ether oxygens (including phenoxy) is 2. The van der Waals surface area contributed by atoms with Crippen LogP contribution in [0.2, 0.25) is 0 Å². The number of anilines is 1. The van der Waals surface area contributed by atoms with Gasteiger partial charge in [-0.15, -0.1) is 0 Å². The van der Waals surface area contributed by atoms with E-state index in [1.54, 1.807) is 43.3 Å². The molecule has 2 aromatic carbocycles. The summed E-state index contributed by atoms with van der Waals surface area (Å²) in [6.45, 7) is 2.82. The lowest BCUT2D eigenvalue weighted by Gasteiger charge is -2.14. The summed E-state index contributed by atoms with van der Waals surface area (Å²) in [6.07, 6.45) is 1.93. The minimum atomic E-state index is -3.85. The maximum absolute atomic E-state index is 12.8. The Balaban J connectivity index is 1.75. The van der Waals surface area contributed by atoms with Crippen molar-refractivity contribution in [1.82, 2.24) is 5.32 Å². The molecule has 0 aromatic heterocycles. The Labute approximate surface area is 165 Å². The third kappa shape index (κ3) is 4.82. The number of benzene rings is 2. The molecule has 1 fully saturated rings. The number of rotatable bonds is 7. The van der Waals surface area contributed by atoms with Crippen molar-refractivity contribution in [3.8, 4) is 5.75 Å². The van der Waals surface area contributed by atoms with Crippen molar-refractivity contribution in [3.05, 3.63) is 53.6 Å². The number of carbonyl (C=O) groups is 1. The number of sulfonamides is 1. The molecule has 0 saturated carbocycles. The molecular formula is C20H24N2O5S. The standard InChI is InChI=1S/C20H24N2O5S/c1-14-5-6-15(20(23)21-13-18-4-3-11-27-18)12-19(14)28(24,25)22-16-7-9-17(26-2)10-8-16/h5-10,12,18,22H,3-4,11,13H2,1-2H3,(H,21,23)/t18-/m0/s1. The van der Waals surface area contributed by atoms with E-state index in [0.29, 0.717) is 35.7 Å². The average Bonchev–Trinajstić information content (AvgIpc) is 3.20. The molecule has 8 heteroatoms. The summed E-state index contributed by atoms with van der Waals surface area (Å²) in [5, 5.41) is 2.81. The molecule has 0 aliphatic carbocycles. The molecule has 1 aliphatic heterocycles. The molecule has 0 spiro atoms. The van der Waals surface area contributed by atoms with Crippen LogP contribution in [0.25, 0.3) is 0 Å². The molecule has 2 aromatic rings. The minimum Gasteiger partial charge on any atom is -0.497 e. The van der Waals surface area contributed by atoms with E-state index in [1.807, 2.05) is 0 Å². The Kier molecular flexibility index (Phi) is 6.21. The van der Waals surface area contributed by atoms with E-state index >= 15 is 0 Å². The smallest absolute Gasteiger partial charge is 0.262 e. The molecular weight excluding hydrogens is 380 g/mol. The van der Waals surface area contributed by atoms with Crippen LogP contribution in [0.4, 0.5) is 5.69 Å². The van der Waals surface area contributed by atoms with E-state index in [2.05, 4.69) is 10.0 Å². The van der Waals surface area contributed by atoms with Crippen molar-refractivity contribution < 1.29 is 22.7 Å². The molecule has 1 heterocycles. The topological polar surface area (TPSA) is 93.7 Å². The molecule has 1 amide bonds. The second-order valence-corrected chi connectivity index (χ2v) is 8.31. The number of carbonyl (C=O) groups excluding carboxylic acids is 1. The van der Waals surface area contributed by atoms with Crippen LogP contribution in [-0.2, 0) is 14.8 Å². The summed E-state index contributed by atoms with van der Waals surface area (Å²) in [4.78, 5) is 12.5. The Bertz CT molecular complexity index is 936. The Morgan fingerprint density at radius 2 is 1.96 bits per heavy atom. The summed E-state index contributed by atoms with van der Waals surface area (Å²) in [6, 6.07) is 11.2. The van der Waals surface area contributed by atoms with Crippen molar-refractivity contribution in [2.45, 2.75) is 30.8 Å². The van der Waals surface area contributed by atoms with E-state index in [9.17, 15) is 13.2 Å². The van der Waals surface area contributed by atoms with Gasteiger partial charge in [0.25, 0.3) is 15.9 Å². The number of hydrogen-bond acceptors (Lipinski definition) is 5. The highest BCUT2D eigenvalue weighted by Crippen LogP contribution is 2.22. The Morgan fingerprint density at radius 1 is 1.21 bits per heavy atom. The quantitative estimate of drug-likeness (QED) is 0.740. The summed E-state index contributed by atoms with van der Waals surface area (Å²) in [5.41, 5.74) is 1.25. The minimum absolute atomic E-state index is 0.0225. The average molecular weight is 404 g/mol. The molecule has 7 nitrogen and oxygen atoms in total. The van der Waals surface area contributed by atoms with Gasteiger partial charge in [-0.05, 0) is 61.7 Å². The van der Waals surface area contributed by atoms with Crippen LogP contribution in [0, 0.1) is 6.92 Å². The lowest BCUT2D eigenvalue weighted by Crippen LogP contribution is -2.31. The first-order valence-electron chi connectivity index (χ1n) is 9.06. The van der Waals surface area contributed by atoms with Gasteiger partial charge in [0.15, 0.2) is 0 Å². The molecule has 0 radical (unpaired) electrons. The fourth-order valence-corrected chi connectivity index (χ4v) is 4.34. The van der Waals surface area contributed by atoms with Gasteiger partial charge in [-0.25, -0.2) is 8.42 Å². The van der Waals surface area contributed by atoms with Crippen molar-refractivity contribution >= 4 is 21.6 Å². The molecule has 150 valence electrons. The second-order valence-electron chi connectivity index (χ2n) is 6.66. The van der Waals surface area contributed by atoms with Crippen LogP contribution in [0.5, 0.6) is 5.75 Å². The molecule has 0 unspecified atom stereocenters. The summed E-state index contributed by atoms with van der Waals surface area (Å²) in [5.74, 6) is 0.306. The van der Waals surface area contributed by atoms with Crippen molar-refractivity contribution in [3.63, 3.8) is 0 Å². The normalized spacial score (nSPS) is 16.6. The van der Waals surface area contributed by atoms with Crippen LogP contribution in [-0.4, -0.2) is 40.7 Å². The lowest BCUT2D eigenvalue weighted by atomic mass is 10.1. The van der Waals surface area contributed by atoms with Crippen molar-refractivity contribution in [1.29, 1.82) is 0 Å². The van der Waals surface area contributed by atoms with Gasteiger partial charge < -0.3 is 14.8 Å². The van der Waals surface area contributed by atoms with E-state index in [0.717, 1.165) is 12.8 Å². The van der Waals surface area contributed by atoms with Gasteiger partial charge in [0.1, 0.15) is 5.75 Å². The maximum atomic E-state index is 12.8. The number of amides is 1. The first-order chi connectivity index (χ1) is 13.4. The van der Waals surface area contributed by atoms with E-state index in [-0.39, 0.29) is 16.9 Å². The molecule has 28 heavy (non-hydrogen) atoms. The molecule has 0 bridgehead atoms. The Hall–Kier alpha value is -2.58. The summed E-state index contributed by atoms with van der Waals surface area (Å²) < 4.78 is 38.7. The van der Waals surface area contributed by atoms with Gasteiger partial charge in [-0.3, -0.25) is 9.52 Å². The maximum Gasteiger partial charge on any atom is 0.262 e. The first-order valence-corrected chi connectivity index (χ1v) is 10.5. The largest absolute Gasteiger partial charge is 0.497 e. The summed E-state index contributed by atoms with van der Waals surface area (Å²) >= 11 is 0. The highest BCUT2D eigenvalue weighted by molar-refractivity contribution is 7.92. The fraction of sp³-hybridized carbons (Fsp3) is 0.350. The predicted molar refractivity (Wildman–Crippen MR) is 106 cm³/mol. The highest BCUT2D eigenvalue weighted by Gasteiger charge is 2.21. The monoisotopic (exact) mass is 404 g/mol. The van der Waals surface area contributed by atoms with Crippen LogP contribution in [0.15, 0.2) is 47.4 Å². The highest BCUT2D eigenvalue weighted by atomic mass is 32.2. The number of nitrogens with one attached hydrogen (secondary N) is 2. The SMILES string of the molecule is COc1ccc(NS(=O)(=O)c2cc(C(=O)NC[C@@H]3CCCO3)ccc2C)cc1. The van der Waals surface area contributed by atoms with Gasteiger partial charge >= 0.3 is 0 Å². The van der Waals surface area contributed by atoms with Gasteiger partial charge in [-0.1, -0.05) is 6.07 Å². The van der Waals surface area contributed by atoms with Crippen molar-refractivity contribution in [2.24, 2.45) is 0 Å². The van der Waals surface area contributed by atoms with Crippen molar-refractivity contribution in [2.75, 3.05) is 25.0 Å². The Morgan fingerprint density at radius 3 is 2.61 bits per heavy atom. The van der Waals surface area contributed by atoms with E-state index in [1.165, 1.54) is 13.2 Å². The summed E-state index contributed by atoms with van der Waals surface area (Å²) in [7, 11) is -2.31. The second kappa shape index (κ2) is 8.62. The molecule has 1 saturated heterocycles. The third-order valence-corrected chi connectivity index (χ3v) is 6.12. The molecule has 1 aliphatic rings. The lowest BCUT2D eigenvalue weighted by molar-refractivity contribution is 0.0857. The van der Waals surface area contributed by atoms with Crippen LogP contribution >= 0.6 is 0 Å². The molecule has 3 rings (SSSR count). The van der Waals surface area contributed by atoms with Gasteiger partial charge in [0.2, 0.25) is 0 Å².